The third-order valence-electron chi connectivity index (χ3n) is 6.01. The zero-order chi connectivity index (χ0) is 22.7. The number of benzene rings is 1. The van der Waals surface area contributed by atoms with Gasteiger partial charge in [-0.25, -0.2) is 9.69 Å². The second-order valence-electron chi connectivity index (χ2n) is 8.09. The number of nitrogens with zero attached hydrogens (tertiary/aromatic N) is 3. The average Bonchev–Trinajstić information content (AvgIpc) is 3.41. The van der Waals surface area contributed by atoms with Gasteiger partial charge in [0, 0.05) is 24.7 Å². The van der Waals surface area contributed by atoms with Crippen molar-refractivity contribution in [2.45, 2.75) is 58.2 Å². The summed E-state index contributed by atoms with van der Waals surface area (Å²) >= 11 is 11.1. The Kier molecular flexibility index (Phi) is 7.68. The highest BCUT2D eigenvalue weighted by Crippen LogP contribution is 2.27. The van der Waals surface area contributed by atoms with Crippen LogP contribution >= 0.6 is 23.2 Å². The fourth-order valence-corrected chi connectivity index (χ4v) is 5.38. The summed E-state index contributed by atoms with van der Waals surface area (Å²) in [4.78, 5) is 15.3. The maximum absolute atomic E-state index is 12.9. The van der Waals surface area contributed by atoms with Gasteiger partial charge in [-0.15, -0.1) is 4.40 Å². The van der Waals surface area contributed by atoms with Crippen LogP contribution in [0.5, 0.6) is 0 Å². The van der Waals surface area contributed by atoms with Gasteiger partial charge in [-0.05, 0) is 43.9 Å². The van der Waals surface area contributed by atoms with Crippen LogP contribution in [0.2, 0.25) is 10.0 Å². The van der Waals surface area contributed by atoms with E-state index in [9.17, 15) is 9.00 Å². The molecule has 0 radical (unpaired) electrons. The summed E-state index contributed by atoms with van der Waals surface area (Å²) in [5.41, 5.74) is 4.98. The van der Waals surface area contributed by atoms with Gasteiger partial charge < -0.3 is 4.57 Å². The molecule has 1 aromatic heterocycles. The van der Waals surface area contributed by atoms with E-state index < -0.39 is 11.3 Å². The van der Waals surface area contributed by atoms with Crippen molar-refractivity contribution >= 4 is 40.3 Å². The molecule has 1 fully saturated rings. The maximum atomic E-state index is 12.9. The molecule has 0 spiro atoms. The van der Waals surface area contributed by atoms with Crippen LogP contribution in [0.3, 0.4) is 0 Å². The molecule has 0 saturated carbocycles. The zero-order valence-electron chi connectivity index (χ0n) is 17.9. The molecule has 32 heavy (non-hydrogen) atoms. The van der Waals surface area contributed by atoms with Gasteiger partial charge in [0.2, 0.25) is 0 Å². The number of hydrogen-bond donors (Lipinski definition) is 1. The van der Waals surface area contributed by atoms with Crippen LogP contribution in [0.25, 0.3) is 0 Å². The van der Waals surface area contributed by atoms with Gasteiger partial charge >= 0.3 is 11.3 Å². The molecule has 0 aliphatic carbocycles. The first-order valence-corrected chi connectivity index (χ1v) is 12.6. The largest absolute Gasteiger partial charge is 0.309 e. The highest BCUT2D eigenvalue weighted by atomic mass is 35.5. The fourth-order valence-electron chi connectivity index (χ4n) is 4.36. The van der Waals surface area contributed by atoms with Gasteiger partial charge in [-0.2, -0.15) is 4.28 Å². The molecular weight excluding hydrogens is 471 g/mol. The van der Waals surface area contributed by atoms with Crippen molar-refractivity contribution in [3.63, 3.8) is 0 Å². The van der Waals surface area contributed by atoms with Gasteiger partial charge in [-0.3, -0.25) is 9.69 Å². The van der Waals surface area contributed by atoms with Crippen LogP contribution in [0.1, 0.15) is 49.4 Å². The Morgan fingerprint density at radius 3 is 2.72 bits per heavy atom. The zero-order valence-corrected chi connectivity index (χ0v) is 20.2. The molecule has 172 valence electrons. The Labute approximate surface area is 200 Å². The van der Waals surface area contributed by atoms with Gasteiger partial charge in [-0.1, -0.05) is 60.8 Å². The van der Waals surface area contributed by atoms with Crippen LogP contribution in [0, 0.1) is 0 Å². The number of halogens is 2. The van der Waals surface area contributed by atoms with Gasteiger partial charge in [0.15, 0.2) is 5.84 Å². The van der Waals surface area contributed by atoms with Crippen molar-refractivity contribution in [2.75, 3.05) is 6.54 Å². The number of aryl methyl sites for hydroxylation is 1. The molecular formula is C22H26Cl2N4O3S. The van der Waals surface area contributed by atoms with Gasteiger partial charge in [0.25, 0.3) is 5.56 Å². The number of amidine groups is 1. The average molecular weight is 497 g/mol. The summed E-state index contributed by atoms with van der Waals surface area (Å²) in [5, 5.41) is 0.671. The molecule has 7 nitrogen and oxygen atoms in total. The lowest BCUT2D eigenvalue weighted by Gasteiger charge is -2.26. The first kappa shape index (κ1) is 23.4. The summed E-state index contributed by atoms with van der Waals surface area (Å²) in [7, 11) is 0. The van der Waals surface area contributed by atoms with Crippen molar-refractivity contribution in [1.82, 2.24) is 14.9 Å². The van der Waals surface area contributed by atoms with E-state index in [2.05, 4.69) is 21.7 Å². The van der Waals surface area contributed by atoms with Crippen molar-refractivity contribution in [2.24, 2.45) is 4.40 Å². The molecule has 1 saturated heterocycles. The number of hydrogen-bond acceptors (Lipinski definition) is 5. The third-order valence-corrected chi connectivity index (χ3v) is 7.16. The molecule has 0 bridgehead atoms. The minimum absolute atomic E-state index is 0.138. The van der Waals surface area contributed by atoms with Crippen molar-refractivity contribution in [1.29, 1.82) is 0 Å². The minimum atomic E-state index is -1.69. The van der Waals surface area contributed by atoms with Crippen molar-refractivity contribution in [3.8, 4) is 0 Å². The van der Waals surface area contributed by atoms with Crippen LogP contribution in [-0.2, 0) is 35.1 Å². The van der Waals surface area contributed by atoms with E-state index in [4.69, 9.17) is 27.5 Å². The topological polar surface area (TPSA) is 75.9 Å². The summed E-state index contributed by atoms with van der Waals surface area (Å²) in [6, 6.07) is 9.76. The molecule has 2 aliphatic heterocycles. The fraction of sp³-hybridized carbons (Fsp3) is 0.455. The third kappa shape index (κ3) is 5.26. The normalized spacial score (nSPS) is 21.0. The standard InChI is InChI=1S/C22H26Cl2N4O3S/c1-2-4-17-5-3-11-27(17)14-20-18(23)13-19(24)22(29)28(20)12-10-15-6-8-16(9-7-15)21-25-31-32(30)26-21/h6-9,13,17H,2-5,10-12,14H2,1H3,(H,25,26)/t17-,32?/m0/s1. The lowest BCUT2D eigenvalue weighted by atomic mass is 10.1. The molecule has 2 aromatic rings. The number of nitrogens with one attached hydrogen (secondary N) is 1. The minimum Gasteiger partial charge on any atom is -0.308 e. The van der Waals surface area contributed by atoms with E-state index in [1.165, 1.54) is 12.8 Å². The van der Waals surface area contributed by atoms with E-state index in [0.717, 1.165) is 36.2 Å². The van der Waals surface area contributed by atoms with Gasteiger partial charge in [0.1, 0.15) is 5.02 Å². The summed E-state index contributed by atoms with van der Waals surface area (Å²) in [6.07, 6.45) is 5.30. The van der Waals surface area contributed by atoms with Crippen molar-refractivity contribution < 1.29 is 8.49 Å². The summed E-state index contributed by atoms with van der Waals surface area (Å²) < 4.78 is 21.6. The number of likely N-dealkylation sites (tertiary alicyclic amines) is 1. The first-order valence-electron chi connectivity index (χ1n) is 10.8. The number of aromatic nitrogens is 1. The lowest BCUT2D eigenvalue weighted by Crippen LogP contribution is -2.33. The SMILES string of the molecule is CCC[C@H]1CCCN1Cc1c(Cl)cc(Cl)c(=O)n1CCc1ccc(C2=NS(=O)ON2)cc1. The van der Waals surface area contributed by atoms with E-state index in [0.29, 0.717) is 36.4 Å². The van der Waals surface area contributed by atoms with E-state index >= 15 is 0 Å². The van der Waals surface area contributed by atoms with Gasteiger partial charge in [0.05, 0.1) is 10.7 Å². The molecule has 10 heteroatoms. The number of hydroxylamine groups is 1. The number of pyridine rings is 1. The second-order valence-corrected chi connectivity index (χ2v) is 9.69. The molecule has 0 amide bonds. The number of rotatable bonds is 8. The molecule has 2 aliphatic rings. The molecule has 3 heterocycles. The van der Waals surface area contributed by atoms with E-state index in [1.807, 2.05) is 24.3 Å². The quantitative estimate of drug-likeness (QED) is 0.596. The predicted octanol–water partition coefficient (Wildman–Crippen LogP) is 4.02. The molecule has 1 unspecified atom stereocenters. The first-order chi connectivity index (χ1) is 15.5. The molecule has 1 aromatic carbocycles. The Morgan fingerprint density at radius 1 is 1.25 bits per heavy atom. The molecule has 4 rings (SSSR count). The maximum Gasteiger partial charge on any atom is 0.309 e. The van der Waals surface area contributed by atoms with Crippen molar-refractivity contribution in [3.05, 3.63) is 67.6 Å². The van der Waals surface area contributed by atoms with E-state index in [-0.39, 0.29) is 10.6 Å². The Bertz CT molecular complexity index is 1090. The smallest absolute Gasteiger partial charge is 0.308 e. The van der Waals surface area contributed by atoms with Crippen LogP contribution < -0.4 is 11.0 Å². The van der Waals surface area contributed by atoms with E-state index in [1.54, 1.807) is 10.6 Å². The van der Waals surface area contributed by atoms with Crippen LogP contribution in [0.4, 0.5) is 0 Å². The Morgan fingerprint density at radius 2 is 2.03 bits per heavy atom. The summed E-state index contributed by atoms with van der Waals surface area (Å²) in [5.74, 6) is 0.433. The lowest BCUT2D eigenvalue weighted by molar-refractivity contribution is 0.227. The summed E-state index contributed by atoms with van der Waals surface area (Å²) in [6.45, 7) is 4.35. The highest BCUT2D eigenvalue weighted by molar-refractivity contribution is 7.79. The Balaban J connectivity index is 1.52. The van der Waals surface area contributed by atoms with Crippen LogP contribution in [-0.4, -0.2) is 32.1 Å². The van der Waals surface area contributed by atoms with Crippen LogP contribution in [0.15, 0.2) is 39.5 Å². The molecule has 2 atom stereocenters. The second kappa shape index (κ2) is 10.5. The molecule has 1 N–H and O–H groups in total. The Hall–Kier alpha value is -1.71. The predicted molar refractivity (Wildman–Crippen MR) is 128 cm³/mol. The highest BCUT2D eigenvalue weighted by Gasteiger charge is 2.26. The monoisotopic (exact) mass is 496 g/mol.